The molecule has 4 heteroatoms. The summed E-state index contributed by atoms with van der Waals surface area (Å²) in [7, 11) is 2.36. The van der Waals surface area contributed by atoms with Gasteiger partial charge in [-0.25, -0.2) is 0 Å². The molecule has 0 spiro atoms. The molecule has 0 atom stereocenters. The Bertz CT molecular complexity index is 1180. The smallest absolute Gasteiger partial charge is 0.251 e. The monoisotopic (exact) mass is 564 g/mol. The first kappa shape index (κ1) is 24.7. The van der Waals surface area contributed by atoms with Crippen molar-refractivity contribution in [2.45, 2.75) is 38.6 Å². The van der Waals surface area contributed by atoms with Gasteiger partial charge < -0.3 is 33.8 Å². The average molecular weight is 565 g/mol. The molecule has 0 unspecified atom stereocenters. The lowest BCUT2D eigenvalue weighted by atomic mass is 9.89. The van der Waals surface area contributed by atoms with Crippen LogP contribution in [-0.2, 0) is 17.8 Å². The molecular formula is C30H33IN2O. The summed E-state index contributed by atoms with van der Waals surface area (Å²) in [5.41, 5.74) is 7.91. The summed E-state index contributed by atoms with van der Waals surface area (Å²) in [6, 6.07) is 25.4. The molecule has 1 aliphatic heterocycles. The first-order valence-electron chi connectivity index (χ1n) is 12.2. The Morgan fingerprint density at radius 2 is 1.65 bits per heavy atom. The highest BCUT2D eigenvalue weighted by Gasteiger charge is 2.25. The highest BCUT2D eigenvalue weighted by Crippen LogP contribution is 2.30. The van der Waals surface area contributed by atoms with Crippen LogP contribution < -0.4 is 29.3 Å². The number of carbonyl (C=O) groups is 1. The molecule has 1 saturated heterocycles. The molecule has 1 heterocycles. The lowest BCUT2D eigenvalue weighted by Crippen LogP contribution is -3.00. The van der Waals surface area contributed by atoms with Crippen molar-refractivity contribution in [2.24, 2.45) is 0 Å². The number of quaternary nitrogens is 1. The summed E-state index contributed by atoms with van der Waals surface area (Å²) in [6.45, 7) is 3.52. The fraction of sp³-hybridized carbons (Fsp3) is 0.300. The lowest BCUT2D eigenvalue weighted by molar-refractivity contribution is -0.926. The zero-order valence-corrected chi connectivity index (χ0v) is 22.1. The van der Waals surface area contributed by atoms with Gasteiger partial charge in [-0.05, 0) is 78.6 Å². The summed E-state index contributed by atoms with van der Waals surface area (Å²) < 4.78 is 1.10. The largest absolute Gasteiger partial charge is 1.00 e. The molecule has 1 amide bonds. The standard InChI is InChI=1S/C30H32N2O.HI/c1-32(17-6-3-7-18-32)22-23-9-8-12-29(19-23)31-30(33)27-16-14-25-13-15-26(20-28(25)21-27)24-10-4-2-5-11-24;/h2,4-5,8-13,15,19-21H,3,6-7,14,16-18,22H2,1H3;1H. The van der Waals surface area contributed by atoms with E-state index in [1.807, 2.05) is 12.1 Å². The predicted molar refractivity (Wildman–Crippen MR) is 137 cm³/mol. The Morgan fingerprint density at radius 1 is 0.853 bits per heavy atom. The van der Waals surface area contributed by atoms with Crippen LogP contribution in [0.15, 0.2) is 78.4 Å². The summed E-state index contributed by atoms with van der Waals surface area (Å²) in [5.74, 6) is 0.0151. The first-order chi connectivity index (χ1) is 16.1. The highest BCUT2D eigenvalue weighted by atomic mass is 127. The maximum atomic E-state index is 13.1. The van der Waals surface area contributed by atoms with Crippen molar-refractivity contribution in [1.29, 1.82) is 0 Å². The number of hydrogen-bond donors (Lipinski definition) is 1. The Balaban J connectivity index is 0.00000274. The minimum absolute atomic E-state index is 0. The number of benzene rings is 3. The van der Waals surface area contributed by atoms with E-state index in [0.717, 1.165) is 40.7 Å². The van der Waals surface area contributed by atoms with Crippen molar-refractivity contribution < 1.29 is 33.3 Å². The molecule has 3 aromatic carbocycles. The van der Waals surface area contributed by atoms with Gasteiger partial charge in [-0.1, -0.05) is 54.6 Å². The molecule has 1 fully saturated rings. The zero-order chi connectivity index (χ0) is 22.7. The molecular weight excluding hydrogens is 531 g/mol. The van der Waals surface area contributed by atoms with Crippen LogP contribution in [0.3, 0.4) is 0 Å². The van der Waals surface area contributed by atoms with Crippen LogP contribution in [-0.4, -0.2) is 30.5 Å². The van der Waals surface area contributed by atoms with Crippen LogP contribution in [0, 0.1) is 0 Å². The van der Waals surface area contributed by atoms with Gasteiger partial charge in [0.1, 0.15) is 6.54 Å². The van der Waals surface area contributed by atoms with Gasteiger partial charge in [0.05, 0.1) is 20.1 Å². The van der Waals surface area contributed by atoms with E-state index in [1.54, 1.807) is 0 Å². The fourth-order valence-corrected chi connectivity index (χ4v) is 5.31. The average Bonchev–Trinajstić information content (AvgIpc) is 2.84. The van der Waals surface area contributed by atoms with Crippen LogP contribution in [0.2, 0.25) is 0 Å². The van der Waals surface area contributed by atoms with E-state index < -0.39 is 0 Å². The number of nitrogens with zero attached hydrogens (tertiary/aromatic N) is 1. The second-order valence-corrected chi connectivity index (χ2v) is 9.89. The lowest BCUT2D eigenvalue weighted by Gasteiger charge is -2.38. The zero-order valence-electron chi connectivity index (χ0n) is 19.9. The van der Waals surface area contributed by atoms with Crippen molar-refractivity contribution >= 4 is 17.7 Å². The number of carbonyl (C=O) groups excluding carboxylic acids is 1. The van der Waals surface area contributed by atoms with E-state index in [-0.39, 0.29) is 29.9 Å². The summed E-state index contributed by atoms with van der Waals surface area (Å²) in [5, 5.41) is 3.16. The number of likely N-dealkylation sites (tertiary alicyclic amines) is 1. The Morgan fingerprint density at radius 3 is 2.44 bits per heavy atom. The van der Waals surface area contributed by atoms with Gasteiger partial charge in [0.25, 0.3) is 5.91 Å². The number of fused-ring (bicyclic) bond motifs is 1. The normalized spacial score (nSPS) is 16.6. The molecule has 0 bridgehead atoms. The molecule has 3 aromatic rings. The number of anilines is 1. The van der Waals surface area contributed by atoms with Crippen LogP contribution in [0.1, 0.15) is 42.4 Å². The second kappa shape index (κ2) is 10.9. The van der Waals surface area contributed by atoms with Gasteiger partial charge in [-0.3, -0.25) is 4.79 Å². The van der Waals surface area contributed by atoms with E-state index >= 15 is 0 Å². The number of nitrogens with one attached hydrogen (secondary N) is 1. The number of hydrogen-bond acceptors (Lipinski definition) is 1. The van der Waals surface area contributed by atoms with E-state index in [4.69, 9.17) is 0 Å². The van der Waals surface area contributed by atoms with Gasteiger partial charge in [0, 0.05) is 16.8 Å². The van der Waals surface area contributed by atoms with Crippen molar-refractivity contribution in [2.75, 3.05) is 25.5 Å². The van der Waals surface area contributed by atoms with E-state index in [1.165, 1.54) is 54.6 Å². The molecule has 3 nitrogen and oxygen atoms in total. The molecule has 34 heavy (non-hydrogen) atoms. The third-order valence-corrected chi connectivity index (χ3v) is 7.18. The minimum Gasteiger partial charge on any atom is -1.00 e. The molecule has 1 N–H and O–H groups in total. The number of halogens is 1. The molecule has 176 valence electrons. The SMILES string of the molecule is C[N+]1(Cc2cccc(NC(=O)C3=Cc4cc(-c5ccccc5)ccc4CC3)c2)CCCCC1.[I-]. The van der Waals surface area contributed by atoms with Crippen LogP contribution >= 0.6 is 0 Å². The van der Waals surface area contributed by atoms with Crippen molar-refractivity contribution in [3.63, 3.8) is 0 Å². The van der Waals surface area contributed by atoms with Crippen LogP contribution in [0.4, 0.5) is 5.69 Å². The topological polar surface area (TPSA) is 29.1 Å². The Kier molecular flexibility index (Phi) is 7.89. The molecule has 0 radical (unpaired) electrons. The third kappa shape index (κ3) is 5.78. The Hall–Kier alpha value is -2.44. The molecule has 0 saturated carbocycles. The van der Waals surface area contributed by atoms with Gasteiger partial charge in [-0.2, -0.15) is 0 Å². The van der Waals surface area contributed by atoms with Gasteiger partial charge in [-0.15, -0.1) is 0 Å². The molecule has 2 aliphatic rings. The van der Waals surface area contributed by atoms with Crippen LogP contribution in [0.25, 0.3) is 17.2 Å². The fourth-order valence-electron chi connectivity index (χ4n) is 5.31. The van der Waals surface area contributed by atoms with Crippen molar-refractivity contribution in [3.8, 4) is 11.1 Å². The minimum atomic E-state index is 0. The number of amides is 1. The molecule has 0 aromatic heterocycles. The summed E-state index contributed by atoms with van der Waals surface area (Å²) >= 11 is 0. The van der Waals surface area contributed by atoms with Gasteiger partial charge in [0.2, 0.25) is 0 Å². The van der Waals surface area contributed by atoms with Gasteiger partial charge >= 0.3 is 0 Å². The highest BCUT2D eigenvalue weighted by molar-refractivity contribution is 6.07. The van der Waals surface area contributed by atoms with E-state index in [9.17, 15) is 4.79 Å². The second-order valence-electron chi connectivity index (χ2n) is 9.89. The maximum Gasteiger partial charge on any atom is 0.251 e. The summed E-state index contributed by atoms with van der Waals surface area (Å²) in [4.78, 5) is 13.1. The number of aryl methyl sites for hydroxylation is 1. The van der Waals surface area contributed by atoms with E-state index in [2.05, 4.69) is 79.1 Å². The van der Waals surface area contributed by atoms with Crippen molar-refractivity contribution in [3.05, 3.63) is 95.1 Å². The van der Waals surface area contributed by atoms with Gasteiger partial charge in [0.15, 0.2) is 0 Å². The quantitative estimate of drug-likeness (QED) is 0.374. The summed E-state index contributed by atoms with van der Waals surface area (Å²) in [6.07, 6.45) is 7.74. The molecule has 1 aliphatic carbocycles. The third-order valence-electron chi connectivity index (χ3n) is 7.18. The first-order valence-corrected chi connectivity index (χ1v) is 12.2. The number of rotatable bonds is 5. The maximum absolute atomic E-state index is 13.1. The Labute approximate surface area is 220 Å². The molecule has 5 rings (SSSR count). The van der Waals surface area contributed by atoms with E-state index in [0.29, 0.717) is 0 Å². The van der Waals surface area contributed by atoms with Crippen molar-refractivity contribution in [1.82, 2.24) is 0 Å². The number of piperidine rings is 1. The van der Waals surface area contributed by atoms with Crippen LogP contribution in [0.5, 0.6) is 0 Å². The predicted octanol–water partition coefficient (Wildman–Crippen LogP) is 3.46.